The number of dihydropyridines is 1. The maximum absolute atomic E-state index is 12.5. The summed E-state index contributed by atoms with van der Waals surface area (Å²) in [6, 6.07) is -0.744. The summed E-state index contributed by atoms with van der Waals surface area (Å²) in [6.07, 6.45) is -1.15. The van der Waals surface area contributed by atoms with Crippen LogP contribution in [-0.2, 0) is 0 Å². The number of nitrogens with zero attached hydrogens (tertiary/aromatic N) is 2. The van der Waals surface area contributed by atoms with Crippen LogP contribution >= 0.6 is 0 Å². The fourth-order valence-corrected chi connectivity index (χ4v) is 1.46. The number of nitrogens with one attached hydrogen (secondary N) is 1. The summed E-state index contributed by atoms with van der Waals surface area (Å²) in [6.45, 7) is 3.73. The lowest BCUT2D eigenvalue weighted by molar-refractivity contribution is -0.0888. The topological polar surface area (TPSA) is 51.0 Å². The Morgan fingerprint density at radius 2 is 2.06 bits per heavy atom. The van der Waals surface area contributed by atoms with E-state index in [0.29, 0.717) is 5.89 Å². The molecule has 1 aliphatic rings. The maximum atomic E-state index is 12.5. The molecule has 1 unspecified atom stereocenters. The second-order valence-corrected chi connectivity index (χ2v) is 4.23. The van der Waals surface area contributed by atoms with Crippen molar-refractivity contribution in [2.75, 3.05) is 0 Å². The van der Waals surface area contributed by atoms with E-state index >= 15 is 0 Å². The summed E-state index contributed by atoms with van der Waals surface area (Å²) >= 11 is 0. The van der Waals surface area contributed by atoms with E-state index in [1.807, 2.05) is 13.8 Å². The fraction of sp³-hybridized carbons (Fsp3) is 0.455. The molecule has 0 saturated heterocycles. The second kappa shape index (κ2) is 4.47. The molecule has 1 N–H and O–H groups in total. The van der Waals surface area contributed by atoms with Crippen LogP contribution in [0.2, 0.25) is 0 Å². The Morgan fingerprint density at radius 3 is 2.61 bits per heavy atom. The van der Waals surface area contributed by atoms with Crippen molar-refractivity contribution >= 4 is 0 Å². The number of hydrogen-bond donors (Lipinski definition) is 1. The Hall–Kier alpha value is -1.79. The predicted octanol–water partition coefficient (Wildman–Crippen LogP) is 2.84. The average Bonchev–Trinajstić information content (AvgIpc) is 2.77. The highest BCUT2D eigenvalue weighted by molar-refractivity contribution is 5.30. The summed E-state index contributed by atoms with van der Waals surface area (Å²) in [7, 11) is 0. The zero-order chi connectivity index (χ0) is 13.3. The van der Waals surface area contributed by atoms with Gasteiger partial charge in [-0.25, -0.2) is 0 Å². The smallest absolute Gasteiger partial charge is 0.416 e. The van der Waals surface area contributed by atoms with E-state index in [0.717, 1.165) is 12.2 Å². The average molecular weight is 259 g/mol. The number of hydrogen-bond acceptors (Lipinski definition) is 4. The van der Waals surface area contributed by atoms with Crippen LogP contribution in [0, 0.1) is 0 Å². The van der Waals surface area contributed by atoms with Gasteiger partial charge in [0.05, 0.1) is 5.57 Å². The first-order chi connectivity index (χ1) is 8.38. The van der Waals surface area contributed by atoms with Gasteiger partial charge in [-0.05, 0) is 18.4 Å². The van der Waals surface area contributed by atoms with E-state index < -0.39 is 17.8 Å². The van der Waals surface area contributed by atoms with Crippen molar-refractivity contribution in [1.82, 2.24) is 15.5 Å². The maximum Gasteiger partial charge on any atom is 0.416 e. The Kier molecular flexibility index (Phi) is 3.14. The number of rotatable bonds is 2. The van der Waals surface area contributed by atoms with Crippen molar-refractivity contribution in [3.8, 4) is 0 Å². The number of alkyl halides is 3. The minimum absolute atomic E-state index is 0.0384. The van der Waals surface area contributed by atoms with E-state index in [1.54, 1.807) is 0 Å². The number of allylic oxidation sites excluding steroid dienone is 2. The molecule has 18 heavy (non-hydrogen) atoms. The normalized spacial score (nSPS) is 19.9. The largest absolute Gasteiger partial charge is 0.422 e. The molecule has 0 amide bonds. The number of aromatic nitrogens is 2. The molecule has 1 aromatic rings. The van der Waals surface area contributed by atoms with Crippen LogP contribution < -0.4 is 5.32 Å². The van der Waals surface area contributed by atoms with E-state index in [1.165, 1.54) is 6.20 Å². The zero-order valence-corrected chi connectivity index (χ0v) is 9.82. The van der Waals surface area contributed by atoms with Gasteiger partial charge in [0.25, 0.3) is 0 Å². The van der Waals surface area contributed by atoms with Gasteiger partial charge in [-0.15, -0.1) is 10.2 Å². The summed E-state index contributed by atoms with van der Waals surface area (Å²) in [5, 5.41) is 10.3. The molecule has 1 aromatic heterocycles. The van der Waals surface area contributed by atoms with Gasteiger partial charge < -0.3 is 9.73 Å². The molecular formula is C11H12F3N3O. The van der Waals surface area contributed by atoms with Crippen LogP contribution in [0.1, 0.15) is 37.6 Å². The van der Waals surface area contributed by atoms with Crippen LogP contribution in [0.3, 0.4) is 0 Å². The Bertz CT molecular complexity index is 488. The van der Waals surface area contributed by atoms with Gasteiger partial charge in [0.1, 0.15) is 6.04 Å². The van der Waals surface area contributed by atoms with E-state index in [2.05, 4.69) is 15.5 Å². The van der Waals surface area contributed by atoms with Crippen LogP contribution in [0.15, 0.2) is 28.3 Å². The summed E-state index contributed by atoms with van der Waals surface area (Å²) in [5.41, 5.74) is -0.726. The first-order valence-electron chi connectivity index (χ1n) is 5.43. The molecule has 0 radical (unpaired) electrons. The van der Waals surface area contributed by atoms with Crippen molar-refractivity contribution in [1.29, 1.82) is 0 Å². The van der Waals surface area contributed by atoms with E-state index in [4.69, 9.17) is 4.42 Å². The second-order valence-electron chi connectivity index (χ2n) is 4.23. The SMILES string of the molecule is CC(C)c1nnc(C2C=C(C(F)(F)F)C=CN2)o1. The van der Waals surface area contributed by atoms with Crippen molar-refractivity contribution < 1.29 is 17.6 Å². The fourth-order valence-electron chi connectivity index (χ4n) is 1.46. The van der Waals surface area contributed by atoms with Gasteiger partial charge in [-0.3, -0.25) is 0 Å². The molecule has 1 atom stereocenters. The van der Waals surface area contributed by atoms with Gasteiger partial charge in [0, 0.05) is 5.92 Å². The Morgan fingerprint density at radius 1 is 1.33 bits per heavy atom. The lowest BCUT2D eigenvalue weighted by atomic mass is 10.1. The first-order valence-corrected chi connectivity index (χ1v) is 5.43. The lowest BCUT2D eigenvalue weighted by Crippen LogP contribution is -2.22. The monoisotopic (exact) mass is 259 g/mol. The third-order valence-corrected chi connectivity index (χ3v) is 2.43. The Balaban J connectivity index is 2.24. The van der Waals surface area contributed by atoms with Crippen LogP contribution in [0.25, 0.3) is 0 Å². The Labute approximate surface area is 102 Å². The predicted molar refractivity (Wildman–Crippen MR) is 57.5 cm³/mol. The molecule has 2 rings (SSSR count). The van der Waals surface area contributed by atoms with Gasteiger partial charge in [0.15, 0.2) is 0 Å². The summed E-state index contributed by atoms with van der Waals surface area (Å²) < 4.78 is 43.0. The van der Waals surface area contributed by atoms with Crippen LogP contribution in [0.5, 0.6) is 0 Å². The van der Waals surface area contributed by atoms with E-state index in [-0.39, 0.29) is 11.8 Å². The third-order valence-electron chi connectivity index (χ3n) is 2.43. The van der Waals surface area contributed by atoms with E-state index in [9.17, 15) is 13.2 Å². The molecule has 1 aliphatic heterocycles. The van der Waals surface area contributed by atoms with Crippen LogP contribution in [-0.4, -0.2) is 16.4 Å². The molecule has 4 nitrogen and oxygen atoms in total. The van der Waals surface area contributed by atoms with Crippen molar-refractivity contribution in [2.24, 2.45) is 0 Å². The standard InChI is InChI=1S/C11H12F3N3O/c1-6(2)9-16-17-10(18-9)8-5-7(3-4-15-8)11(12,13)14/h3-6,8,15H,1-2H3. The molecule has 0 fully saturated rings. The lowest BCUT2D eigenvalue weighted by Gasteiger charge is -2.17. The van der Waals surface area contributed by atoms with Crippen molar-refractivity contribution in [3.05, 3.63) is 35.7 Å². The van der Waals surface area contributed by atoms with Crippen molar-refractivity contribution in [3.63, 3.8) is 0 Å². The van der Waals surface area contributed by atoms with Crippen LogP contribution in [0.4, 0.5) is 13.2 Å². The molecule has 0 aliphatic carbocycles. The zero-order valence-electron chi connectivity index (χ0n) is 9.82. The molecule has 7 heteroatoms. The highest BCUT2D eigenvalue weighted by Crippen LogP contribution is 2.31. The highest BCUT2D eigenvalue weighted by atomic mass is 19.4. The first kappa shape index (κ1) is 12.7. The molecule has 0 aromatic carbocycles. The molecule has 0 bridgehead atoms. The van der Waals surface area contributed by atoms with Gasteiger partial charge in [-0.2, -0.15) is 13.2 Å². The van der Waals surface area contributed by atoms with Gasteiger partial charge in [0.2, 0.25) is 11.8 Å². The summed E-state index contributed by atoms with van der Waals surface area (Å²) in [4.78, 5) is 0. The molecule has 0 saturated carbocycles. The summed E-state index contributed by atoms with van der Waals surface area (Å²) in [5.74, 6) is 0.574. The third kappa shape index (κ3) is 2.55. The molecular weight excluding hydrogens is 247 g/mol. The number of halogens is 3. The van der Waals surface area contributed by atoms with Crippen molar-refractivity contribution in [2.45, 2.75) is 32.0 Å². The molecule has 2 heterocycles. The van der Waals surface area contributed by atoms with Gasteiger partial charge >= 0.3 is 6.18 Å². The molecule has 0 spiro atoms. The minimum atomic E-state index is -4.38. The quantitative estimate of drug-likeness (QED) is 0.887. The molecule has 98 valence electrons. The van der Waals surface area contributed by atoms with Gasteiger partial charge in [-0.1, -0.05) is 13.8 Å². The highest BCUT2D eigenvalue weighted by Gasteiger charge is 2.34. The minimum Gasteiger partial charge on any atom is -0.422 e.